The van der Waals surface area contributed by atoms with Crippen LogP contribution in [0.5, 0.6) is 11.5 Å². The smallest absolute Gasteiger partial charge is 0.344 e. The van der Waals surface area contributed by atoms with Crippen molar-refractivity contribution in [2.45, 2.75) is 209 Å². The van der Waals surface area contributed by atoms with Crippen molar-refractivity contribution in [3.63, 3.8) is 0 Å². The van der Waals surface area contributed by atoms with Gasteiger partial charge in [0, 0.05) is 48.9 Å². The van der Waals surface area contributed by atoms with Crippen LogP contribution in [0.3, 0.4) is 0 Å². The van der Waals surface area contributed by atoms with Gasteiger partial charge in [-0.05, 0) is 143 Å². The molecule has 34 heteroatoms. The first-order valence-corrected chi connectivity index (χ1v) is 37.4. The number of carbonyl (C=O) groups is 13. The van der Waals surface area contributed by atoms with Gasteiger partial charge in [0.05, 0.1) is 20.1 Å². The molecule has 0 aliphatic carbocycles. The molecule has 4 bridgehead atoms. The van der Waals surface area contributed by atoms with Crippen molar-refractivity contribution in [1.82, 2.24) is 52.3 Å². The molecule has 11 atom stereocenters. The molecule has 6 rings (SSSR count). The Morgan fingerprint density at radius 3 is 1.85 bits per heavy atom. The summed E-state index contributed by atoms with van der Waals surface area (Å²) >= 11 is 2.46. The van der Waals surface area contributed by atoms with Crippen LogP contribution in [0.15, 0.2) is 47.6 Å². The molecule has 0 spiro atoms. The Morgan fingerprint density at radius 1 is 0.660 bits per heavy atom. The van der Waals surface area contributed by atoms with E-state index in [1.165, 1.54) is 57.6 Å². The molecular formula is C69H101N13O19S2. The van der Waals surface area contributed by atoms with Crippen LogP contribution in [-0.2, 0) is 94.9 Å². The summed E-state index contributed by atoms with van der Waals surface area (Å²) in [5.74, 6) is -12.1. The molecule has 32 nitrogen and oxygen atoms in total. The summed E-state index contributed by atoms with van der Waals surface area (Å²) in [6.07, 6.45) is 3.51. The number of phenolic OH excluding ortho intramolecular Hbond substituents is 1. The topological polar surface area (TPSA) is 466 Å². The number of primary amides is 1. The zero-order chi connectivity index (χ0) is 75.1. The first kappa shape index (κ1) is 83.2. The van der Waals surface area contributed by atoms with Gasteiger partial charge < -0.3 is 83.6 Å². The zero-order valence-corrected chi connectivity index (χ0v) is 60.7. The fraction of sp³-hybridized carbons (Fsp3) is 0.623. The van der Waals surface area contributed by atoms with Crippen LogP contribution in [0.4, 0.5) is 0 Å². The molecule has 14 N–H and O–H groups in total. The number of carboxylic acids is 1. The Morgan fingerprint density at radius 2 is 1.23 bits per heavy atom. The van der Waals surface area contributed by atoms with E-state index in [0.717, 1.165) is 26.2 Å². The van der Waals surface area contributed by atoms with Gasteiger partial charge in [-0.3, -0.25) is 62.4 Å². The number of fused-ring (bicyclic) bond motifs is 7. The zero-order valence-electron chi connectivity index (χ0n) is 59.1. The standard InChI is InChI=1S/C69H101N13O19S2/c1-6-41(4)59-69(97)82-26-14-17-55(82)67(95)77-50(33-42-18-20-45(83)21-19-42)64(92)74-48(22-23-57(85)86)62(90)78-52(60(71)88)38-102-36-43-30-44-32-46(31-43)99-27-11-7-8-12-28-100-72-35-56(84)73-47(15-9-10-24-70)61(89)79-53(39-103-37-44)68(96)81-25-13-16-54(81)66(94)76-49(29-40(2)3)63(91)75-51(65(93)80-59)34-58(87)101-98-5/h18-21,30-32,35,40-41,47-55,59,83H,6-17,22-29,33-34,36-39,70H2,1-5H3,(H2,71,88)(H,73,84)(H,74,92)(H,75,91)(H,76,94)(H,77,95)(H,78,90)(H,79,89)(H,80,93)(H,85,86)/b72-35+/t41-,47-,48-,49-,50-,51-,52-,53-,54-,55-,59-/m0/s1. The molecule has 0 unspecified atom stereocenters. The molecule has 4 aliphatic rings. The highest BCUT2D eigenvalue weighted by Crippen LogP contribution is 2.28. The molecule has 4 heterocycles. The number of unbranched alkanes of at least 4 members (excludes halogenated alkanes) is 1. The third kappa shape index (κ3) is 27.1. The Balaban J connectivity index is 1.44. The highest BCUT2D eigenvalue weighted by Gasteiger charge is 2.44. The molecule has 2 saturated heterocycles. The number of oxime groups is 1. The third-order valence-corrected chi connectivity index (χ3v) is 20.1. The van der Waals surface area contributed by atoms with E-state index in [1.807, 2.05) is 18.2 Å². The fourth-order valence-electron chi connectivity index (χ4n) is 12.2. The number of hydrogen-bond acceptors (Lipinski definition) is 22. The SMILES string of the molecule is CC[C@H](C)[C@@H]1NC(=O)[C@H](CC(=O)OOC)NC(=O)[C@H](CC(C)C)NC(=O)[C@@H]2CCCN2C(=O)[C@@H]2CSCc3cc(cc(c3)OCCCCCCO/N=C/C(=O)N[C@@H](CCCCN)C(=O)N2)CSC[C@@H](C(N)=O)NC(=O)[C@H](CCC(=O)O)NC(=O)[C@H](Cc2ccc(O)cc2)NC(=O)[C@@H]2CCCN2C1=O. The molecule has 11 amide bonds. The Kier molecular flexibility index (Phi) is 34.5. The van der Waals surface area contributed by atoms with E-state index < -0.39 is 163 Å². The lowest BCUT2D eigenvalue weighted by molar-refractivity contribution is -0.255. The number of ether oxygens (including phenoxy) is 1. The molecule has 4 aliphatic heterocycles. The number of amides is 11. The summed E-state index contributed by atoms with van der Waals surface area (Å²) in [6.45, 7) is 7.78. The maximum absolute atomic E-state index is 15.2. The molecule has 0 radical (unpaired) electrons. The van der Waals surface area contributed by atoms with Crippen LogP contribution in [0.2, 0.25) is 0 Å². The molecule has 2 aromatic rings. The normalized spacial score (nSPS) is 25.6. The van der Waals surface area contributed by atoms with Gasteiger partial charge in [0.25, 0.3) is 5.91 Å². The van der Waals surface area contributed by atoms with Gasteiger partial charge in [-0.15, -0.1) is 0 Å². The number of rotatable bonds is 17. The van der Waals surface area contributed by atoms with Gasteiger partial charge in [0.15, 0.2) is 0 Å². The highest BCUT2D eigenvalue weighted by atomic mass is 32.2. The van der Waals surface area contributed by atoms with E-state index in [2.05, 4.69) is 52.6 Å². The number of carbonyl (C=O) groups excluding carboxylic acids is 12. The lowest BCUT2D eigenvalue weighted by Crippen LogP contribution is -2.61. The van der Waals surface area contributed by atoms with E-state index in [9.17, 15) is 63.0 Å². The second-order valence-electron chi connectivity index (χ2n) is 26.5. The van der Waals surface area contributed by atoms with Gasteiger partial charge in [-0.2, -0.15) is 28.4 Å². The van der Waals surface area contributed by atoms with Gasteiger partial charge in [-0.1, -0.05) is 57.5 Å². The maximum Gasteiger partial charge on any atom is 0.344 e. The average Bonchev–Trinajstić information content (AvgIpc) is 1.76. The van der Waals surface area contributed by atoms with Crippen LogP contribution >= 0.6 is 23.5 Å². The lowest BCUT2D eigenvalue weighted by atomic mass is 9.96. The summed E-state index contributed by atoms with van der Waals surface area (Å²) in [6, 6.07) is -2.97. The van der Waals surface area contributed by atoms with Crippen molar-refractivity contribution in [3.8, 4) is 11.5 Å². The monoisotopic (exact) mass is 1480 g/mol. The van der Waals surface area contributed by atoms with Gasteiger partial charge in [-0.25, -0.2) is 4.79 Å². The molecule has 0 saturated carbocycles. The van der Waals surface area contributed by atoms with E-state index in [0.29, 0.717) is 67.7 Å². The maximum atomic E-state index is 15.2. The van der Waals surface area contributed by atoms with Crippen LogP contribution in [0, 0.1) is 11.8 Å². The molecular weight excluding hydrogens is 1380 g/mol. The number of benzene rings is 2. The van der Waals surface area contributed by atoms with Crippen LogP contribution in [0.1, 0.15) is 147 Å². The second kappa shape index (κ2) is 42.7. The summed E-state index contributed by atoms with van der Waals surface area (Å²) in [7, 11) is 1.04. The predicted octanol–water partition coefficient (Wildman–Crippen LogP) is 0.996. The number of aromatic hydroxyl groups is 1. The van der Waals surface area contributed by atoms with Crippen molar-refractivity contribution >= 4 is 107 Å². The second-order valence-corrected chi connectivity index (χ2v) is 28.5. The quantitative estimate of drug-likeness (QED) is 0.0597. The first-order valence-electron chi connectivity index (χ1n) is 35.1. The van der Waals surface area contributed by atoms with Gasteiger partial charge >= 0.3 is 11.9 Å². The average molecular weight is 1480 g/mol. The summed E-state index contributed by atoms with van der Waals surface area (Å²) in [5.41, 5.74) is 13.6. The Labute approximate surface area is 607 Å². The number of aliphatic carboxylic acids is 1. The van der Waals surface area contributed by atoms with Crippen LogP contribution in [0.25, 0.3) is 0 Å². The van der Waals surface area contributed by atoms with E-state index >= 15 is 9.59 Å². The first-order chi connectivity index (χ1) is 49.3. The number of nitrogens with one attached hydrogen (secondary N) is 8. The third-order valence-electron chi connectivity index (χ3n) is 17.9. The van der Waals surface area contributed by atoms with E-state index in [4.69, 9.17) is 25.9 Å². The number of nitrogens with two attached hydrogens (primary N) is 2. The van der Waals surface area contributed by atoms with Crippen LogP contribution in [-0.4, -0.2) is 215 Å². The Hall–Kier alpha value is -8.76. The van der Waals surface area contributed by atoms with Crippen LogP contribution < -0.4 is 58.7 Å². The minimum atomic E-state index is -1.79. The summed E-state index contributed by atoms with van der Waals surface area (Å²) < 4.78 is 6.30. The summed E-state index contributed by atoms with van der Waals surface area (Å²) in [5, 5.41) is 45.3. The molecule has 2 aromatic carbocycles. The van der Waals surface area contributed by atoms with Crippen molar-refractivity contribution in [3.05, 3.63) is 59.2 Å². The largest absolute Gasteiger partial charge is 0.508 e. The highest BCUT2D eigenvalue weighted by molar-refractivity contribution is 7.98. The number of phenols is 1. The van der Waals surface area contributed by atoms with E-state index in [-0.39, 0.29) is 99.3 Å². The molecule has 103 heavy (non-hydrogen) atoms. The molecule has 568 valence electrons. The minimum Gasteiger partial charge on any atom is -0.508 e. The summed E-state index contributed by atoms with van der Waals surface area (Å²) in [4.78, 5) is 202. The predicted molar refractivity (Wildman–Crippen MR) is 379 cm³/mol. The number of hydrogen-bond donors (Lipinski definition) is 12. The number of nitrogens with zero attached hydrogens (tertiary/aromatic N) is 3. The fourth-order valence-corrected chi connectivity index (χ4v) is 14.2. The van der Waals surface area contributed by atoms with E-state index in [1.54, 1.807) is 27.7 Å². The van der Waals surface area contributed by atoms with Gasteiger partial charge in [0.2, 0.25) is 59.1 Å². The van der Waals surface area contributed by atoms with Crippen molar-refractivity contribution in [2.75, 3.05) is 51.5 Å². The Bertz CT molecular complexity index is 3290. The minimum absolute atomic E-state index is 0.00927. The van der Waals surface area contributed by atoms with Gasteiger partial charge in [0.1, 0.15) is 84.7 Å². The van der Waals surface area contributed by atoms with Crippen molar-refractivity contribution < 1.29 is 91.9 Å². The molecule has 0 aromatic heterocycles. The number of carboxylic acid groups (broad SMARTS) is 1. The van der Waals surface area contributed by atoms with Crippen molar-refractivity contribution in [2.24, 2.45) is 28.5 Å². The lowest BCUT2D eigenvalue weighted by Gasteiger charge is -2.33. The van der Waals surface area contributed by atoms with Crippen molar-refractivity contribution in [1.29, 1.82) is 0 Å². The molecule has 2 fully saturated rings. The number of thioether (sulfide) groups is 2.